The Balaban J connectivity index is 2.16. The second kappa shape index (κ2) is 7.66. The van der Waals surface area contributed by atoms with Gasteiger partial charge < -0.3 is 0 Å². The van der Waals surface area contributed by atoms with Gasteiger partial charge in [0.05, 0.1) is 16.9 Å². The van der Waals surface area contributed by atoms with Gasteiger partial charge >= 0.3 is 0 Å². The first kappa shape index (κ1) is 17.4. The van der Waals surface area contributed by atoms with Gasteiger partial charge in [-0.3, -0.25) is 4.99 Å². The summed E-state index contributed by atoms with van der Waals surface area (Å²) < 4.78 is 1.82. The van der Waals surface area contributed by atoms with Gasteiger partial charge in [-0.1, -0.05) is 29.3 Å². The van der Waals surface area contributed by atoms with E-state index >= 15 is 0 Å². The van der Waals surface area contributed by atoms with Crippen molar-refractivity contribution in [1.29, 1.82) is 0 Å². The van der Waals surface area contributed by atoms with E-state index in [9.17, 15) is 0 Å². The fourth-order valence-corrected chi connectivity index (χ4v) is 4.01. The predicted octanol–water partition coefficient (Wildman–Crippen LogP) is 5.78. The van der Waals surface area contributed by atoms with Crippen LogP contribution in [0.4, 0.5) is 0 Å². The lowest BCUT2D eigenvalue weighted by atomic mass is 10.2. The van der Waals surface area contributed by atoms with Crippen molar-refractivity contribution in [2.75, 3.05) is 0 Å². The first-order chi connectivity index (χ1) is 11.5. The van der Waals surface area contributed by atoms with Crippen LogP contribution >= 0.6 is 45.9 Å². The maximum absolute atomic E-state index is 6.37. The highest BCUT2D eigenvalue weighted by Gasteiger charge is 2.12. The summed E-state index contributed by atoms with van der Waals surface area (Å²) in [5.41, 5.74) is 1.72. The monoisotopic (exact) mass is 395 g/mol. The van der Waals surface area contributed by atoms with Gasteiger partial charge in [0.25, 0.3) is 0 Å². The van der Waals surface area contributed by atoms with Crippen molar-refractivity contribution >= 4 is 52.1 Å². The maximum Gasteiger partial charge on any atom is 0.206 e. The molecule has 7 heteroatoms. The molecule has 24 heavy (non-hydrogen) atoms. The first-order valence-electron chi connectivity index (χ1n) is 7.32. The molecule has 0 saturated carbocycles. The number of nitrogens with zero attached hydrogens (tertiary/aromatic N) is 3. The van der Waals surface area contributed by atoms with Crippen LogP contribution in [0, 0.1) is 0 Å². The predicted molar refractivity (Wildman–Crippen MR) is 106 cm³/mol. The summed E-state index contributed by atoms with van der Waals surface area (Å²) in [4.78, 5) is 6.55. The third kappa shape index (κ3) is 3.98. The molecule has 0 aliphatic carbocycles. The second-order valence-electron chi connectivity index (χ2n) is 5.32. The third-order valence-electron chi connectivity index (χ3n) is 3.10. The Hall–Kier alpha value is -1.40. The molecule has 0 fully saturated rings. The highest BCUT2D eigenvalue weighted by atomic mass is 35.5. The average Bonchev–Trinajstić information content (AvgIpc) is 3.17. The molecule has 0 atom stereocenters. The molecule has 124 valence electrons. The van der Waals surface area contributed by atoms with E-state index in [4.69, 9.17) is 23.2 Å². The third-order valence-corrected chi connectivity index (χ3v) is 5.30. The Morgan fingerprint density at radius 3 is 2.71 bits per heavy atom. The van der Waals surface area contributed by atoms with Crippen LogP contribution in [-0.2, 0) is 0 Å². The first-order valence-corrected chi connectivity index (χ1v) is 9.84. The van der Waals surface area contributed by atoms with Gasteiger partial charge in [-0.05, 0) is 43.5 Å². The summed E-state index contributed by atoms with van der Waals surface area (Å²) in [6, 6.07) is 9.61. The lowest BCUT2D eigenvalue weighted by Crippen LogP contribution is -2.14. The standard InChI is InChI=1S/C17H15Cl2N3S2/c1-11(2)21-17-22(20-9-13-4-3-7-23-13)16(10-24-17)14-8-12(18)5-6-15(14)19/h3-11H,1-2H3. The summed E-state index contributed by atoms with van der Waals surface area (Å²) in [5.74, 6) is 0. The number of thiophene rings is 1. The molecule has 0 N–H and O–H groups in total. The molecule has 3 nitrogen and oxygen atoms in total. The van der Waals surface area contributed by atoms with Gasteiger partial charge in [0.15, 0.2) is 0 Å². The number of halogens is 2. The minimum absolute atomic E-state index is 0.175. The Morgan fingerprint density at radius 2 is 2.00 bits per heavy atom. The number of aromatic nitrogens is 1. The van der Waals surface area contributed by atoms with Crippen LogP contribution in [-0.4, -0.2) is 16.9 Å². The molecule has 0 unspecified atom stereocenters. The van der Waals surface area contributed by atoms with Crippen LogP contribution in [0.5, 0.6) is 0 Å². The number of hydrogen-bond donors (Lipinski definition) is 0. The summed E-state index contributed by atoms with van der Waals surface area (Å²) in [6.45, 7) is 4.08. The zero-order valence-corrected chi connectivity index (χ0v) is 16.3. The van der Waals surface area contributed by atoms with Gasteiger partial charge in [-0.2, -0.15) is 5.10 Å². The van der Waals surface area contributed by atoms with Crippen LogP contribution in [0.2, 0.25) is 10.0 Å². The normalized spacial score (nSPS) is 12.6. The number of hydrogen-bond acceptors (Lipinski definition) is 4. The van der Waals surface area contributed by atoms with E-state index in [0.717, 1.165) is 20.9 Å². The topological polar surface area (TPSA) is 29.6 Å². The molecular weight excluding hydrogens is 381 g/mol. The molecule has 0 saturated heterocycles. The van der Waals surface area contributed by atoms with Crippen molar-refractivity contribution in [3.05, 3.63) is 60.8 Å². The lowest BCUT2D eigenvalue weighted by molar-refractivity contribution is 0.755. The van der Waals surface area contributed by atoms with Crippen LogP contribution in [0.3, 0.4) is 0 Å². The summed E-state index contributed by atoms with van der Waals surface area (Å²) in [7, 11) is 0. The number of benzene rings is 1. The lowest BCUT2D eigenvalue weighted by Gasteiger charge is -2.06. The maximum atomic E-state index is 6.37. The Kier molecular flexibility index (Phi) is 5.56. The van der Waals surface area contributed by atoms with E-state index in [1.54, 1.807) is 23.5 Å². The van der Waals surface area contributed by atoms with Gasteiger partial charge in [0.1, 0.15) is 0 Å². The van der Waals surface area contributed by atoms with Crippen LogP contribution in [0.1, 0.15) is 18.7 Å². The van der Waals surface area contributed by atoms with Gasteiger partial charge in [-0.15, -0.1) is 22.7 Å². The molecule has 0 aliphatic heterocycles. The fraction of sp³-hybridized carbons (Fsp3) is 0.176. The molecular formula is C17H15Cl2N3S2. The second-order valence-corrected chi connectivity index (χ2v) is 7.98. The van der Waals surface area contributed by atoms with E-state index in [1.165, 1.54) is 11.3 Å². The summed E-state index contributed by atoms with van der Waals surface area (Å²) in [6.07, 6.45) is 1.83. The minimum atomic E-state index is 0.175. The van der Waals surface area contributed by atoms with Crippen LogP contribution in [0.25, 0.3) is 11.3 Å². The van der Waals surface area contributed by atoms with Gasteiger partial charge in [0.2, 0.25) is 4.80 Å². The number of rotatable bonds is 4. The van der Waals surface area contributed by atoms with Crippen molar-refractivity contribution in [2.45, 2.75) is 19.9 Å². The zero-order chi connectivity index (χ0) is 17.1. The van der Waals surface area contributed by atoms with Crippen molar-refractivity contribution < 1.29 is 0 Å². The average molecular weight is 396 g/mol. The Labute approximate surface area is 158 Å². The molecule has 0 bridgehead atoms. The Bertz CT molecular complexity index is 922. The van der Waals surface area contributed by atoms with Crippen LogP contribution < -0.4 is 4.80 Å². The van der Waals surface area contributed by atoms with E-state index in [0.29, 0.717) is 10.0 Å². The smallest absolute Gasteiger partial charge is 0.206 e. The molecule has 3 aromatic rings. The molecule has 0 amide bonds. The molecule has 1 aromatic carbocycles. The minimum Gasteiger partial charge on any atom is -0.255 e. The molecule has 0 aliphatic rings. The fourth-order valence-electron chi connectivity index (χ4n) is 2.08. The van der Waals surface area contributed by atoms with Gasteiger partial charge in [0, 0.05) is 26.9 Å². The quantitative estimate of drug-likeness (QED) is 0.501. The highest BCUT2D eigenvalue weighted by Crippen LogP contribution is 2.31. The van der Waals surface area contributed by atoms with E-state index in [2.05, 4.69) is 10.1 Å². The molecule has 0 spiro atoms. The molecule has 2 heterocycles. The molecule has 3 rings (SSSR count). The van der Waals surface area contributed by atoms with Crippen molar-refractivity contribution in [3.63, 3.8) is 0 Å². The zero-order valence-electron chi connectivity index (χ0n) is 13.1. The van der Waals surface area contributed by atoms with Crippen molar-refractivity contribution in [1.82, 2.24) is 4.68 Å². The number of thiazole rings is 1. The van der Waals surface area contributed by atoms with Crippen molar-refractivity contribution in [3.8, 4) is 11.3 Å². The van der Waals surface area contributed by atoms with E-state index < -0.39 is 0 Å². The van der Waals surface area contributed by atoms with E-state index in [-0.39, 0.29) is 6.04 Å². The Morgan fingerprint density at radius 1 is 1.17 bits per heavy atom. The van der Waals surface area contributed by atoms with Crippen molar-refractivity contribution in [2.24, 2.45) is 10.1 Å². The molecule has 2 aromatic heterocycles. The highest BCUT2D eigenvalue weighted by molar-refractivity contribution is 7.11. The van der Waals surface area contributed by atoms with E-state index in [1.807, 2.05) is 53.7 Å². The summed E-state index contributed by atoms with van der Waals surface area (Å²) in [5, 5.41) is 9.92. The van der Waals surface area contributed by atoms with Crippen LogP contribution in [0.15, 0.2) is 51.2 Å². The summed E-state index contributed by atoms with van der Waals surface area (Å²) >= 11 is 15.7. The largest absolute Gasteiger partial charge is 0.255 e. The SMILES string of the molecule is CC(C)N=c1scc(-c2cc(Cl)ccc2Cl)n1N=Cc1cccs1. The molecule has 0 radical (unpaired) electrons. The van der Waals surface area contributed by atoms with Gasteiger partial charge in [-0.25, -0.2) is 4.68 Å².